The average molecular weight is 280 g/mol. The summed E-state index contributed by atoms with van der Waals surface area (Å²) in [5.41, 5.74) is 0.442. The van der Waals surface area contributed by atoms with Gasteiger partial charge >= 0.3 is 5.97 Å². The predicted octanol–water partition coefficient (Wildman–Crippen LogP) is 1.77. The third-order valence-electron chi connectivity index (χ3n) is 2.31. The molecule has 7 heteroatoms. The molecule has 0 saturated heterocycles. The molecule has 0 radical (unpaired) electrons. The summed E-state index contributed by atoms with van der Waals surface area (Å²) in [6, 6.07) is 1.66. The van der Waals surface area contributed by atoms with E-state index in [0.29, 0.717) is 16.5 Å². The molecule has 0 aliphatic carbocycles. The van der Waals surface area contributed by atoms with E-state index in [0.717, 1.165) is 0 Å². The minimum absolute atomic E-state index is 0.0280. The summed E-state index contributed by atoms with van der Waals surface area (Å²) in [7, 11) is 0. The van der Waals surface area contributed by atoms with E-state index >= 15 is 0 Å². The molecule has 2 aromatic rings. The Balaban J connectivity index is 1.91. The molecule has 0 aromatic carbocycles. The van der Waals surface area contributed by atoms with Crippen LogP contribution in [0, 0.1) is 6.92 Å². The lowest BCUT2D eigenvalue weighted by atomic mass is 10.2. The lowest BCUT2D eigenvalue weighted by molar-refractivity contribution is -0.141. The summed E-state index contributed by atoms with van der Waals surface area (Å²) < 4.78 is 9.82. The highest BCUT2D eigenvalue weighted by atomic mass is 32.1. The van der Waals surface area contributed by atoms with Crippen LogP contribution in [0.5, 0.6) is 0 Å². The van der Waals surface area contributed by atoms with E-state index in [1.54, 1.807) is 24.6 Å². The number of esters is 1. The van der Waals surface area contributed by atoms with E-state index in [1.165, 1.54) is 11.3 Å². The fourth-order valence-corrected chi connectivity index (χ4v) is 2.00. The fraction of sp³-hybridized carbons (Fsp3) is 0.250. The topological polar surface area (TPSA) is 85.5 Å². The highest BCUT2D eigenvalue weighted by Crippen LogP contribution is 2.23. The smallest absolute Gasteiger partial charge is 0.336 e. The molecule has 2 heterocycles. The summed E-state index contributed by atoms with van der Waals surface area (Å²) >= 11 is 1.24. The van der Waals surface area contributed by atoms with Crippen molar-refractivity contribution in [2.45, 2.75) is 19.6 Å². The number of hydrogen-bond acceptors (Lipinski definition) is 7. The molecular weight excluding hydrogens is 268 g/mol. The Morgan fingerprint density at radius 1 is 1.68 bits per heavy atom. The normalized spacial score (nSPS) is 12.1. The SMILES string of the molecule is C=C(C(=O)OCc1cc(C)on1)C(O)c1nccs1. The number of hydrogen-bond donors (Lipinski definition) is 1. The first kappa shape index (κ1) is 13.4. The van der Waals surface area contributed by atoms with E-state index in [1.807, 2.05) is 0 Å². The molecule has 2 aromatic heterocycles. The van der Waals surface area contributed by atoms with Gasteiger partial charge in [-0.3, -0.25) is 0 Å². The molecule has 0 aliphatic heterocycles. The van der Waals surface area contributed by atoms with Gasteiger partial charge in [0.15, 0.2) is 0 Å². The maximum Gasteiger partial charge on any atom is 0.336 e. The molecule has 100 valence electrons. The molecule has 0 bridgehead atoms. The number of carbonyl (C=O) groups excluding carboxylic acids is 1. The minimum atomic E-state index is -1.15. The first-order valence-electron chi connectivity index (χ1n) is 5.43. The van der Waals surface area contributed by atoms with E-state index in [4.69, 9.17) is 9.26 Å². The largest absolute Gasteiger partial charge is 0.456 e. The van der Waals surface area contributed by atoms with Crippen LogP contribution in [0.3, 0.4) is 0 Å². The van der Waals surface area contributed by atoms with Crippen LogP contribution in [0.1, 0.15) is 22.6 Å². The van der Waals surface area contributed by atoms with Crippen molar-refractivity contribution in [2.24, 2.45) is 0 Å². The van der Waals surface area contributed by atoms with Crippen molar-refractivity contribution in [1.29, 1.82) is 0 Å². The van der Waals surface area contributed by atoms with Crippen molar-refractivity contribution < 1.29 is 19.2 Å². The first-order valence-corrected chi connectivity index (χ1v) is 6.31. The number of aliphatic hydroxyl groups is 1. The number of nitrogens with zero attached hydrogens (tertiary/aromatic N) is 2. The van der Waals surface area contributed by atoms with Crippen LogP contribution in [-0.2, 0) is 16.1 Å². The van der Waals surface area contributed by atoms with Gasteiger partial charge in [-0.15, -0.1) is 11.3 Å². The van der Waals surface area contributed by atoms with Gasteiger partial charge in [0.05, 0.1) is 5.57 Å². The van der Waals surface area contributed by atoms with E-state index in [9.17, 15) is 9.90 Å². The maximum atomic E-state index is 11.7. The lowest BCUT2D eigenvalue weighted by Gasteiger charge is -2.10. The average Bonchev–Trinajstić information content (AvgIpc) is 3.05. The summed E-state index contributed by atoms with van der Waals surface area (Å²) in [5.74, 6) is -0.0592. The number of thiazole rings is 1. The molecule has 6 nitrogen and oxygen atoms in total. The highest BCUT2D eigenvalue weighted by Gasteiger charge is 2.22. The van der Waals surface area contributed by atoms with Crippen molar-refractivity contribution >= 4 is 17.3 Å². The van der Waals surface area contributed by atoms with Crippen LogP contribution >= 0.6 is 11.3 Å². The summed E-state index contributed by atoms with van der Waals surface area (Å²) in [6.07, 6.45) is 0.395. The second-order valence-corrected chi connectivity index (χ2v) is 4.73. The molecule has 0 spiro atoms. The van der Waals surface area contributed by atoms with Crippen LogP contribution in [0.2, 0.25) is 0 Å². The number of ether oxygens (including phenoxy) is 1. The Hall–Kier alpha value is -1.99. The second-order valence-electron chi connectivity index (χ2n) is 3.80. The van der Waals surface area contributed by atoms with E-state index < -0.39 is 12.1 Å². The Morgan fingerprint density at radius 2 is 2.47 bits per heavy atom. The third-order valence-corrected chi connectivity index (χ3v) is 3.13. The zero-order valence-electron chi connectivity index (χ0n) is 10.2. The number of aromatic nitrogens is 2. The standard InChI is InChI=1S/C12H12N2O4S/c1-7-5-9(14-18-7)6-17-12(16)8(2)10(15)11-13-3-4-19-11/h3-5,10,15H,2,6H2,1H3. The van der Waals surface area contributed by atoms with Gasteiger partial charge in [-0.2, -0.15) is 0 Å². The van der Waals surface area contributed by atoms with Crippen LogP contribution in [-0.4, -0.2) is 21.2 Å². The summed E-state index contributed by atoms with van der Waals surface area (Å²) in [4.78, 5) is 15.6. The van der Waals surface area contributed by atoms with Crippen molar-refractivity contribution in [3.05, 3.63) is 46.3 Å². The number of aryl methyl sites for hydroxylation is 1. The van der Waals surface area contributed by atoms with Crippen molar-refractivity contribution in [3.63, 3.8) is 0 Å². The number of rotatable bonds is 5. The molecular formula is C12H12N2O4S. The predicted molar refractivity (Wildman–Crippen MR) is 67.2 cm³/mol. The molecule has 1 unspecified atom stereocenters. The molecule has 0 saturated carbocycles. The van der Waals surface area contributed by atoms with E-state index in [2.05, 4.69) is 16.7 Å². The van der Waals surface area contributed by atoms with Crippen molar-refractivity contribution in [3.8, 4) is 0 Å². The fourth-order valence-electron chi connectivity index (χ4n) is 1.35. The summed E-state index contributed by atoms with van der Waals surface area (Å²) in [6.45, 7) is 5.24. The van der Waals surface area contributed by atoms with Crippen LogP contribution in [0.25, 0.3) is 0 Å². The molecule has 1 N–H and O–H groups in total. The Morgan fingerprint density at radius 3 is 3.05 bits per heavy atom. The van der Waals surface area contributed by atoms with Gasteiger partial charge in [-0.25, -0.2) is 9.78 Å². The van der Waals surface area contributed by atoms with Gasteiger partial charge in [0.1, 0.15) is 29.2 Å². The minimum Gasteiger partial charge on any atom is -0.456 e. The molecule has 19 heavy (non-hydrogen) atoms. The van der Waals surface area contributed by atoms with E-state index in [-0.39, 0.29) is 12.2 Å². The van der Waals surface area contributed by atoms with Gasteiger partial charge in [0.25, 0.3) is 0 Å². The van der Waals surface area contributed by atoms with Crippen LogP contribution < -0.4 is 0 Å². The monoisotopic (exact) mass is 280 g/mol. The Labute approximate surface area is 113 Å². The molecule has 0 amide bonds. The lowest BCUT2D eigenvalue weighted by Crippen LogP contribution is -2.13. The zero-order valence-corrected chi connectivity index (χ0v) is 11.0. The Bertz CT molecular complexity index is 576. The van der Waals surface area contributed by atoms with Gasteiger partial charge in [0, 0.05) is 17.6 Å². The summed E-state index contributed by atoms with van der Waals surface area (Å²) in [5, 5.41) is 15.7. The quantitative estimate of drug-likeness (QED) is 0.663. The first-order chi connectivity index (χ1) is 9.08. The molecule has 2 rings (SSSR count). The zero-order chi connectivity index (χ0) is 13.8. The van der Waals surface area contributed by atoms with Crippen LogP contribution in [0.15, 0.2) is 34.3 Å². The van der Waals surface area contributed by atoms with Crippen molar-refractivity contribution in [2.75, 3.05) is 0 Å². The van der Waals surface area contributed by atoms with Crippen LogP contribution in [0.4, 0.5) is 0 Å². The highest BCUT2D eigenvalue weighted by molar-refractivity contribution is 7.09. The second kappa shape index (κ2) is 5.77. The molecule has 1 atom stereocenters. The maximum absolute atomic E-state index is 11.7. The molecule has 0 aliphatic rings. The Kier molecular flexibility index (Phi) is 4.08. The van der Waals surface area contributed by atoms with Gasteiger partial charge in [0.2, 0.25) is 0 Å². The van der Waals surface area contributed by atoms with Crippen molar-refractivity contribution in [1.82, 2.24) is 10.1 Å². The van der Waals surface area contributed by atoms with Gasteiger partial charge in [-0.05, 0) is 6.92 Å². The number of aliphatic hydroxyl groups excluding tert-OH is 1. The molecule has 0 fully saturated rings. The third kappa shape index (κ3) is 3.27. The number of carbonyl (C=O) groups is 1. The van der Waals surface area contributed by atoms with Gasteiger partial charge in [-0.1, -0.05) is 11.7 Å². The van der Waals surface area contributed by atoms with Gasteiger partial charge < -0.3 is 14.4 Å².